The van der Waals surface area contributed by atoms with Crippen LogP contribution in [0.5, 0.6) is 0 Å². The number of hydrogen-bond donors (Lipinski definition) is 0. The smallest absolute Gasteiger partial charge is 0.305 e. The summed E-state index contributed by atoms with van der Waals surface area (Å²) in [6.45, 7) is 2.33. The molecule has 0 aliphatic carbocycles. The number of ether oxygens (including phenoxy) is 1. The molecule has 0 heterocycles. The van der Waals surface area contributed by atoms with Crippen LogP contribution in [0.4, 0.5) is 0 Å². The van der Waals surface area contributed by atoms with Crippen molar-refractivity contribution in [1.29, 1.82) is 0 Å². The first-order valence-electron chi connectivity index (χ1n) is 5.90. The summed E-state index contributed by atoms with van der Waals surface area (Å²) in [7, 11) is 0. The van der Waals surface area contributed by atoms with Gasteiger partial charge in [0.15, 0.2) is 0 Å². The highest BCUT2D eigenvalue weighted by Gasteiger charge is 2.00. The number of carbonyl (C=O) groups is 1. The fourth-order valence-electron chi connectivity index (χ4n) is 1.44. The number of esters is 1. The minimum atomic E-state index is -0.0650. The molecule has 0 unspecified atom stereocenters. The monoisotopic (exact) mass is 210 g/mol. The van der Waals surface area contributed by atoms with E-state index in [1.54, 1.807) is 0 Å². The van der Waals surface area contributed by atoms with Gasteiger partial charge < -0.3 is 4.74 Å². The van der Waals surface area contributed by atoms with Crippen LogP contribution in [0.2, 0.25) is 0 Å². The van der Waals surface area contributed by atoms with E-state index in [0.29, 0.717) is 13.0 Å². The lowest BCUT2D eigenvalue weighted by atomic mass is 10.1. The Morgan fingerprint density at radius 2 is 1.73 bits per heavy atom. The van der Waals surface area contributed by atoms with E-state index in [9.17, 15) is 4.79 Å². The van der Waals surface area contributed by atoms with Crippen molar-refractivity contribution < 1.29 is 9.53 Å². The van der Waals surface area contributed by atoms with E-state index < -0.39 is 0 Å². The van der Waals surface area contributed by atoms with Crippen LogP contribution in [-0.2, 0) is 9.53 Å². The molecule has 15 heavy (non-hydrogen) atoms. The molecule has 0 saturated carbocycles. The van der Waals surface area contributed by atoms with Gasteiger partial charge in [0, 0.05) is 12.8 Å². The number of terminal acetylenes is 1. The molecule has 2 nitrogen and oxygen atoms in total. The maximum Gasteiger partial charge on any atom is 0.305 e. The third kappa shape index (κ3) is 11.0. The van der Waals surface area contributed by atoms with Crippen molar-refractivity contribution in [2.24, 2.45) is 0 Å². The third-order valence-corrected chi connectivity index (χ3v) is 2.26. The van der Waals surface area contributed by atoms with Gasteiger partial charge in [-0.3, -0.25) is 4.79 Å². The van der Waals surface area contributed by atoms with Gasteiger partial charge in [0.1, 0.15) is 0 Å². The van der Waals surface area contributed by atoms with E-state index in [-0.39, 0.29) is 5.97 Å². The maximum atomic E-state index is 11.0. The first-order chi connectivity index (χ1) is 7.31. The van der Waals surface area contributed by atoms with Crippen LogP contribution in [-0.4, -0.2) is 12.6 Å². The molecule has 0 aromatic heterocycles. The molecular formula is C13H22O2. The second kappa shape index (κ2) is 11.1. The normalized spacial score (nSPS) is 9.60. The molecule has 0 rings (SSSR count). The second-order valence-electron chi connectivity index (χ2n) is 3.63. The van der Waals surface area contributed by atoms with Crippen molar-refractivity contribution in [1.82, 2.24) is 0 Å². The molecule has 2 heteroatoms. The van der Waals surface area contributed by atoms with Gasteiger partial charge in [-0.1, -0.05) is 25.7 Å². The molecule has 0 radical (unpaired) electrons. The summed E-state index contributed by atoms with van der Waals surface area (Å²) in [5, 5.41) is 0. The topological polar surface area (TPSA) is 26.3 Å². The lowest BCUT2D eigenvalue weighted by Gasteiger charge is -2.01. The fraction of sp³-hybridized carbons (Fsp3) is 0.769. The Morgan fingerprint density at radius 1 is 1.13 bits per heavy atom. The van der Waals surface area contributed by atoms with Crippen molar-refractivity contribution >= 4 is 5.97 Å². The minimum Gasteiger partial charge on any atom is -0.466 e. The summed E-state index contributed by atoms with van der Waals surface area (Å²) in [5.74, 6) is 2.57. The molecular weight excluding hydrogens is 188 g/mol. The van der Waals surface area contributed by atoms with Crippen molar-refractivity contribution in [3.8, 4) is 12.3 Å². The van der Waals surface area contributed by atoms with Crippen molar-refractivity contribution in [2.45, 2.75) is 58.3 Å². The van der Waals surface area contributed by atoms with E-state index in [1.165, 1.54) is 19.3 Å². The molecule has 0 N–H and O–H groups in total. The summed E-state index contributed by atoms with van der Waals surface area (Å²) < 4.78 is 4.84. The molecule has 0 bridgehead atoms. The average Bonchev–Trinajstić information content (AvgIpc) is 2.22. The van der Waals surface area contributed by atoms with E-state index in [0.717, 1.165) is 25.7 Å². The van der Waals surface area contributed by atoms with Crippen LogP contribution in [0.15, 0.2) is 0 Å². The molecule has 86 valence electrons. The van der Waals surface area contributed by atoms with Crippen LogP contribution in [0.25, 0.3) is 0 Å². The quantitative estimate of drug-likeness (QED) is 0.331. The lowest BCUT2D eigenvalue weighted by molar-refractivity contribution is -0.143. The van der Waals surface area contributed by atoms with Crippen LogP contribution < -0.4 is 0 Å². The Bertz CT molecular complexity index is 191. The van der Waals surface area contributed by atoms with E-state index in [2.05, 4.69) is 5.92 Å². The highest BCUT2D eigenvalue weighted by Crippen LogP contribution is 2.08. The van der Waals surface area contributed by atoms with E-state index in [4.69, 9.17) is 11.2 Å². The Hall–Kier alpha value is -0.970. The van der Waals surface area contributed by atoms with Crippen molar-refractivity contribution in [3.63, 3.8) is 0 Å². The van der Waals surface area contributed by atoms with Crippen molar-refractivity contribution in [3.05, 3.63) is 0 Å². The molecule has 0 aromatic carbocycles. The Labute approximate surface area is 93.4 Å². The van der Waals surface area contributed by atoms with Gasteiger partial charge in [-0.2, -0.15) is 0 Å². The summed E-state index contributed by atoms with van der Waals surface area (Å²) in [4.78, 5) is 11.0. The zero-order chi connectivity index (χ0) is 11.4. The zero-order valence-electron chi connectivity index (χ0n) is 9.76. The summed E-state index contributed by atoms with van der Waals surface area (Å²) in [6.07, 6.45) is 13.5. The van der Waals surface area contributed by atoms with Gasteiger partial charge in [0.05, 0.1) is 6.61 Å². The number of unbranched alkanes of at least 4 members (excludes halogenated alkanes) is 6. The molecule has 0 atom stereocenters. The molecule has 0 aliphatic rings. The standard InChI is InChI=1S/C13H22O2/c1-3-5-6-7-8-9-10-11-12-13(14)15-4-2/h1H,4-12H2,2H3. The molecule has 0 saturated heterocycles. The number of hydrogen-bond acceptors (Lipinski definition) is 2. The highest BCUT2D eigenvalue weighted by atomic mass is 16.5. The Kier molecular flexibility index (Phi) is 10.4. The Balaban J connectivity index is 3.05. The highest BCUT2D eigenvalue weighted by molar-refractivity contribution is 5.69. The first-order valence-corrected chi connectivity index (χ1v) is 5.90. The number of carbonyl (C=O) groups excluding carboxylic acids is 1. The molecule has 0 fully saturated rings. The van der Waals surface area contributed by atoms with Gasteiger partial charge in [0.2, 0.25) is 0 Å². The second-order valence-corrected chi connectivity index (χ2v) is 3.63. The average molecular weight is 210 g/mol. The Morgan fingerprint density at radius 3 is 2.33 bits per heavy atom. The SMILES string of the molecule is C#CCCCCCCCCC(=O)OCC. The minimum absolute atomic E-state index is 0.0650. The van der Waals surface area contributed by atoms with Gasteiger partial charge in [-0.25, -0.2) is 0 Å². The predicted molar refractivity (Wildman–Crippen MR) is 62.4 cm³/mol. The van der Waals surface area contributed by atoms with Crippen LogP contribution in [0.1, 0.15) is 58.3 Å². The van der Waals surface area contributed by atoms with Crippen LogP contribution in [0.3, 0.4) is 0 Å². The first kappa shape index (κ1) is 14.0. The lowest BCUT2D eigenvalue weighted by Crippen LogP contribution is -2.03. The zero-order valence-corrected chi connectivity index (χ0v) is 9.76. The molecule has 0 amide bonds. The van der Waals surface area contributed by atoms with E-state index in [1.807, 2.05) is 6.92 Å². The fourth-order valence-corrected chi connectivity index (χ4v) is 1.44. The number of rotatable bonds is 9. The van der Waals surface area contributed by atoms with Crippen LogP contribution in [0, 0.1) is 12.3 Å². The van der Waals surface area contributed by atoms with Gasteiger partial charge in [-0.05, 0) is 19.8 Å². The van der Waals surface area contributed by atoms with Crippen molar-refractivity contribution in [2.75, 3.05) is 6.61 Å². The van der Waals surface area contributed by atoms with Crippen LogP contribution >= 0.6 is 0 Å². The largest absolute Gasteiger partial charge is 0.466 e. The van der Waals surface area contributed by atoms with E-state index >= 15 is 0 Å². The van der Waals surface area contributed by atoms with Gasteiger partial charge in [-0.15, -0.1) is 12.3 Å². The maximum absolute atomic E-state index is 11.0. The molecule has 0 spiro atoms. The molecule has 0 aliphatic heterocycles. The molecule has 0 aromatic rings. The summed E-state index contributed by atoms with van der Waals surface area (Å²) in [5.41, 5.74) is 0. The van der Waals surface area contributed by atoms with Gasteiger partial charge >= 0.3 is 5.97 Å². The predicted octanol–water partition coefficient (Wildman–Crippen LogP) is 3.30. The van der Waals surface area contributed by atoms with Gasteiger partial charge in [0.25, 0.3) is 0 Å². The summed E-state index contributed by atoms with van der Waals surface area (Å²) in [6, 6.07) is 0. The third-order valence-electron chi connectivity index (χ3n) is 2.26. The summed E-state index contributed by atoms with van der Waals surface area (Å²) >= 11 is 0.